The average molecular weight is 426 g/mol. The molecule has 8 nitrogen and oxygen atoms in total. The number of nitrogens with one attached hydrogen (secondary N) is 2. The highest BCUT2D eigenvalue weighted by molar-refractivity contribution is 6.03. The molecule has 0 aromatic heterocycles. The van der Waals surface area contributed by atoms with E-state index in [9.17, 15) is 14.4 Å². The summed E-state index contributed by atoms with van der Waals surface area (Å²) in [5, 5.41) is 2.76. The van der Waals surface area contributed by atoms with Crippen molar-refractivity contribution in [2.75, 3.05) is 57.2 Å². The van der Waals surface area contributed by atoms with E-state index in [0.717, 1.165) is 31.1 Å². The monoisotopic (exact) mass is 426 g/mol. The lowest BCUT2D eigenvalue weighted by Crippen LogP contribution is -3.15. The summed E-state index contributed by atoms with van der Waals surface area (Å²) >= 11 is 0. The van der Waals surface area contributed by atoms with Gasteiger partial charge in [0.25, 0.3) is 5.91 Å². The van der Waals surface area contributed by atoms with E-state index in [2.05, 4.69) is 29.3 Å². The van der Waals surface area contributed by atoms with Crippen LogP contribution in [0.3, 0.4) is 0 Å². The first kappa shape index (κ1) is 22.3. The number of benzene rings is 2. The fraction of sp³-hybridized carbons (Fsp3) is 0.348. The van der Waals surface area contributed by atoms with Crippen LogP contribution in [0.4, 0.5) is 11.4 Å². The van der Waals surface area contributed by atoms with Crippen molar-refractivity contribution in [3.63, 3.8) is 0 Å². The van der Waals surface area contributed by atoms with E-state index in [1.807, 2.05) is 12.1 Å². The Morgan fingerprint density at radius 1 is 1.00 bits per heavy atom. The van der Waals surface area contributed by atoms with Gasteiger partial charge in [-0.2, -0.15) is 0 Å². The molecular weight excluding hydrogens is 398 g/mol. The van der Waals surface area contributed by atoms with E-state index in [0.29, 0.717) is 0 Å². The molecule has 8 heteroatoms. The fourth-order valence-corrected chi connectivity index (χ4v) is 3.76. The van der Waals surface area contributed by atoms with Crippen LogP contribution in [0.5, 0.6) is 0 Å². The van der Waals surface area contributed by atoms with Crippen molar-refractivity contribution in [2.24, 2.45) is 0 Å². The third kappa shape index (κ3) is 5.40. The van der Waals surface area contributed by atoms with Crippen LogP contribution < -0.4 is 15.1 Å². The minimum atomic E-state index is -0.592. The van der Waals surface area contributed by atoms with Crippen LogP contribution in [-0.4, -0.2) is 64.8 Å². The zero-order valence-corrected chi connectivity index (χ0v) is 18.1. The highest BCUT2D eigenvalue weighted by atomic mass is 16.5. The van der Waals surface area contributed by atoms with Gasteiger partial charge in [0.15, 0.2) is 6.54 Å². The molecule has 0 saturated carbocycles. The number of nitrogens with zero attached hydrogens (tertiary/aromatic N) is 1. The third-order valence-corrected chi connectivity index (χ3v) is 5.46. The summed E-state index contributed by atoms with van der Waals surface area (Å²) in [5.74, 6) is -1.37. The summed E-state index contributed by atoms with van der Waals surface area (Å²) in [7, 11) is 2.54. The van der Waals surface area contributed by atoms with Gasteiger partial charge >= 0.3 is 11.9 Å². The SMILES string of the molecule is COC(=O)c1ccc(C(=O)OC)c(NC(=O)C[NH+]2CCN(c3ccccc3C)CC2)c1. The van der Waals surface area contributed by atoms with Crippen LogP contribution in [-0.2, 0) is 14.3 Å². The van der Waals surface area contributed by atoms with Crippen LogP contribution >= 0.6 is 0 Å². The van der Waals surface area contributed by atoms with Gasteiger partial charge in [-0.15, -0.1) is 0 Å². The van der Waals surface area contributed by atoms with Crippen LogP contribution in [0.25, 0.3) is 0 Å². The van der Waals surface area contributed by atoms with Gasteiger partial charge in [0.05, 0.1) is 57.2 Å². The smallest absolute Gasteiger partial charge is 0.339 e. The fourth-order valence-electron chi connectivity index (χ4n) is 3.76. The van der Waals surface area contributed by atoms with E-state index in [-0.39, 0.29) is 29.3 Å². The van der Waals surface area contributed by atoms with Gasteiger partial charge in [-0.25, -0.2) is 9.59 Å². The van der Waals surface area contributed by atoms with E-state index in [4.69, 9.17) is 9.47 Å². The predicted octanol–water partition coefficient (Wildman–Crippen LogP) is 0.912. The number of rotatable bonds is 6. The molecule has 0 radical (unpaired) electrons. The molecule has 2 N–H and O–H groups in total. The number of amides is 1. The molecule has 1 amide bonds. The highest BCUT2D eigenvalue weighted by Crippen LogP contribution is 2.20. The standard InChI is InChI=1S/C23H27N3O5/c1-16-6-4-5-7-20(16)26-12-10-25(11-13-26)15-21(27)24-19-14-17(22(28)30-2)8-9-18(19)23(29)31-3/h4-9,14H,10-13,15H2,1-3H3,(H,24,27)/p+1. The number of ether oxygens (including phenoxy) is 2. The molecule has 0 atom stereocenters. The quantitative estimate of drug-likeness (QED) is 0.668. The molecule has 1 fully saturated rings. The summed E-state index contributed by atoms with van der Waals surface area (Å²) in [4.78, 5) is 40.1. The highest BCUT2D eigenvalue weighted by Gasteiger charge is 2.24. The number of piperazine rings is 1. The van der Waals surface area contributed by atoms with Gasteiger partial charge in [0.2, 0.25) is 0 Å². The normalized spacial score (nSPS) is 14.1. The Morgan fingerprint density at radius 3 is 2.32 bits per heavy atom. The number of anilines is 2. The van der Waals surface area contributed by atoms with Crippen molar-refractivity contribution in [3.05, 3.63) is 59.2 Å². The minimum absolute atomic E-state index is 0.183. The number of esters is 2. The second kappa shape index (κ2) is 10.1. The first-order valence-corrected chi connectivity index (χ1v) is 10.2. The van der Waals surface area contributed by atoms with Crippen LogP contribution in [0.15, 0.2) is 42.5 Å². The Labute approximate surface area is 181 Å². The Morgan fingerprint density at radius 2 is 1.68 bits per heavy atom. The van der Waals surface area contributed by atoms with Crippen molar-refractivity contribution in [1.82, 2.24) is 0 Å². The van der Waals surface area contributed by atoms with Gasteiger partial charge < -0.3 is 24.6 Å². The van der Waals surface area contributed by atoms with E-state index in [1.165, 1.54) is 43.7 Å². The topological polar surface area (TPSA) is 89.4 Å². The zero-order chi connectivity index (χ0) is 22.4. The van der Waals surface area contributed by atoms with Crippen molar-refractivity contribution < 1.29 is 28.8 Å². The summed E-state index contributed by atoms with van der Waals surface area (Å²) in [6.07, 6.45) is 0. The van der Waals surface area contributed by atoms with Gasteiger partial charge in [-0.1, -0.05) is 18.2 Å². The minimum Gasteiger partial charge on any atom is -0.465 e. The predicted molar refractivity (Wildman–Crippen MR) is 117 cm³/mol. The Kier molecular flexibility index (Phi) is 7.25. The molecule has 2 aromatic rings. The molecule has 0 unspecified atom stereocenters. The molecule has 1 aliphatic rings. The zero-order valence-electron chi connectivity index (χ0n) is 18.1. The molecule has 2 aromatic carbocycles. The molecular formula is C23H28N3O5+. The number of carbonyl (C=O) groups excluding carboxylic acids is 3. The maximum absolute atomic E-state index is 12.7. The molecule has 0 aliphatic carbocycles. The van der Waals surface area contributed by atoms with Crippen molar-refractivity contribution in [3.8, 4) is 0 Å². The average Bonchev–Trinajstić information content (AvgIpc) is 2.79. The Balaban J connectivity index is 1.64. The third-order valence-electron chi connectivity index (χ3n) is 5.46. The molecule has 31 heavy (non-hydrogen) atoms. The van der Waals surface area contributed by atoms with Gasteiger partial charge in [0.1, 0.15) is 0 Å². The first-order chi connectivity index (χ1) is 14.9. The summed E-state index contributed by atoms with van der Waals surface area (Å²) < 4.78 is 9.50. The molecule has 3 rings (SSSR count). The summed E-state index contributed by atoms with van der Waals surface area (Å²) in [6, 6.07) is 12.6. The molecule has 1 aliphatic heterocycles. The summed E-state index contributed by atoms with van der Waals surface area (Å²) in [6.45, 7) is 5.74. The van der Waals surface area contributed by atoms with E-state index < -0.39 is 11.9 Å². The van der Waals surface area contributed by atoms with Gasteiger partial charge in [-0.05, 0) is 36.8 Å². The maximum Gasteiger partial charge on any atom is 0.339 e. The van der Waals surface area contributed by atoms with E-state index >= 15 is 0 Å². The summed E-state index contributed by atoms with van der Waals surface area (Å²) in [5.41, 5.74) is 3.13. The molecule has 1 heterocycles. The number of para-hydroxylation sites is 1. The maximum atomic E-state index is 12.7. The lowest BCUT2D eigenvalue weighted by Gasteiger charge is -2.34. The molecule has 164 valence electrons. The van der Waals surface area contributed by atoms with Crippen LogP contribution in [0.2, 0.25) is 0 Å². The molecule has 1 saturated heterocycles. The lowest BCUT2D eigenvalue weighted by atomic mass is 10.1. The number of hydrogen-bond acceptors (Lipinski definition) is 6. The van der Waals surface area contributed by atoms with Gasteiger partial charge in [0, 0.05) is 5.69 Å². The second-order valence-electron chi connectivity index (χ2n) is 7.49. The number of aryl methyl sites for hydroxylation is 1. The second-order valence-corrected chi connectivity index (χ2v) is 7.49. The van der Waals surface area contributed by atoms with Crippen molar-refractivity contribution >= 4 is 29.2 Å². The largest absolute Gasteiger partial charge is 0.465 e. The Bertz CT molecular complexity index is 967. The first-order valence-electron chi connectivity index (χ1n) is 10.2. The number of carbonyl (C=O) groups is 3. The number of methoxy groups -OCH3 is 2. The van der Waals surface area contributed by atoms with Crippen molar-refractivity contribution in [2.45, 2.75) is 6.92 Å². The van der Waals surface area contributed by atoms with Crippen molar-refractivity contribution in [1.29, 1.82) is 0 Å². The number of hydrogen-bond donors (Lipinski definition) is 2. The molecule has 0 bridgehead atoms. The Hall–Kier alpha value is -3.39. The van der Waals surface area contributed by atoms with Gasteiger partial charge in [-0.3, -0.25) is 4.79 Å². The van der Waals surface area contributed by atoms with Crippen LogP contribution in [0.1, 0.15) is 26.3 Å². The lowest BCUT2D eigenvalue weighted by molar-refractivity contribution is -0.892. The van der Waals surface area contributed by atoms with Crippen LogP contribution in [0, 0.1) is 6.92 Å². The number of quaternary nitrogens is 1. The van der Waals surface area contributed by atoms with E-state index in [1.54, 1.807) is 0 Å². The molecule has 0 spiro atoms.